The number of morpholine rings is 1. The lowest BCUT2D eigenvalue weighted by molar-refractivity contribution is -0.0230. The van der Waals surface area contributed by atoms with Crippen LogP contribution in [0.15, 0.2) is 23.1 Å². The number of hydrogen-bond acceptors (Lipinski definition) is 5. The number of rotatable bonds is 4. The summed E-state index contributed by atoms with van der Waals surface area (Å²) in [6.45, 7) is 4.60. The van der Waals surface area contributed by atoms with Gasteiger partial charge in [0, 0.05) is 18.7 Å². The van der Waals surface area contributed by atoms with E-state index in [1.165, 1.54) is 23.5 Å². The molecule has 1 heterocycles. The fraction of sp³-hybridized carbons (Fsp3) is 0.571. The highest BCUT2D eigenvalue weighted by Gasteiger charge is 2.35. The molecule has 0 aromatic heterocycles. The number of hydrogen-bond donors (Lipinski definition) is 1. The molecule has 1 aliphatic heterocycles. The Balaban J connectivity index is 2.40. The van der Waals surface area contributed by atoms with Crippen molar-refractivity contribution in [1.82, 2.24) is 4.31 Å². The predicted molar refractivity (Wildman–Crippen MR) is 80.8 cm³/mol. The van der Waals surface area contributed by atoms with Crippen LogP contribution in [0.25, 0.3) is 0 Å². The second-order valence-electron chi connectivity index (χ2n) is 5.18. The van der Waals surface area contributed by atoms with E-state index in [9.17, 15) is 8.42 Å². The molecule has 2 N–H and O–H groups in total. The molecule has 1 aliphatic rings. The van der Waals surface area contributed by atoms with E-state index in [1.54, 1.807) is 6.07 Å². The molecule has 0 bridgehead atoms. The van der Waals surface area contributed by atoms with E-state index in [0.29, 0.717) is 31.0 Å². The number of nitrogens with two attached hydrogens (primary N) is 1. The zero-order valence-electron chi connectivity index (χ0n) is 12.6. The van der Waals surface area contributed by atoms with Crippen molar-refractivity contribution in [1.29, 1.82) is 0 Å². The minimum absolute atomic E-state index is 0.113. The van der Waals surface area contributed by atoms with Gasteiger partial charge in [-0.25, -0.2) is 8.42 Å². The molecule has 6 nitrogen and oxygen atoms in total. The zero-order chi connectivity index (χ0) is 15.6. The molecule has 7 heteroatoms. The quantitative estimate of drug-likeness (QED) is 0.851. The van der Waals surface area contributed by atoms with Crippen LogP contribution >= 0.6 is 0 Å². The predicted octanol–water partition coefficient (Wildman–Crippen LogP) is 1.47. The maximum Gasteiger partial charge on any atom is 0.243 e. The Morgan fingerprint density at radius 1 is 1.48 bits per heavy atom. The number of nitrogen functional groups attached to an aromatic ring is 1. The third-order valence-corrected chi connectivity index (χ3v) is 5.61. The molecule has 2 unspecified atom stereocenters. The Labute approximate surface area is 125 Å². The first-order valence-electron chi connectivity index (χ1n) is 6.97. The smallest absolute Gasteiger partial charge is 0.243 e. The SMILES string of the molecule is CCC1COC(C)CN1S(=O)(=O)c1ccc(N)c(OC)c1. The van der Waals surface area contributed by atoms with Crippen LogP contribution in [-0.2, 0) is 14.8 Å². The van der Waals surface area contributed by atoms with Crippen molar-refractivity contribution < 1.29 is 17.9 Å². The average molecular weight is 314 g/mol. The number of methoxy groups -OCH3 is 1. The minimum atomic E-state index is -3.59. The van der Waals surface area contributed by atoms with Gasteiger partial charge in [0.05, 0.1) is 30.4 Å². The molecular weight excluding hydrogens is 292 g/mol. The Bertz CT molecular complexity index is 603. The highest BCUT2D eigenvalue weighted by Crippen LogP contribution is 2.29. The fourth-order valence-corrected chi connectivity index (χ4v) is 4.19. The lowest BCUT2D eigenvalue weighted by Gasteiger charge is -2.37. The summed E-state index contributed by atoms with van der Waals surface area (Å²) < 4.78 is 37.9. The highest BCUT2D eigenvalue weighted by molar-refractivity contribution is 7.89. The topological polar surface area (TPSA) is 81.9 Å². The molecule has 2 atom stereocenters. The lowest BCUT2D eigenvalue weighted by atomic mass is 10.2. The van der Waals surface area contributed by atoms with Gasteiger partial charge in [-0.05, 0) is 25.5 Å². The van der Waals surface area contributed by atoms with Crippen LogP contribution in [0.1, 0.15) is 20.3 Å². The van der Waals surface area contributed by atoms with Crippen LogP contribution in [0.4, 0.5) is 5.69 Å². The summed E-state index contributed by atoms with van der Waals surface area (Å²) in [5.41, 5.74) is 6.16. The molecule has 21 heavy (non-hydrogen) atoms. The summed E-state index contributed by atoms with van der Waals surface area (Å²) in [7, 11) is -2.12. The van der Waals surface area contributed by atoms with Crippen molar-refractivity contribution in [3.05, 3.63) is 18.2 Å². The van der Waals surface area contributed by atoms with Gasteiger partial charge >= 0.3 is 0 Å². The van der Waals surface area contributed by atoms with Gasteiger partial charge in [-0.15, -0.1) is 0 Å². The molecule has 0 radical (unpaired) electrons. The molecular formula is C14H22N2O4S. The van der Waals surface area contributed by atoms with E-state index in [2.05, 4.69) is 0 Å². The van der Waals surface area contributed by atoms with Crippen LogP contribution in [-0.4, -0.2) is 45.1 Å². The normalized spacial score (nSPS) is 24.0. The van der Waals surface area contributed by atoms with Crippen LogP contribution in [0.3, 0.4) is 0 Å². The second-order valence-corrected chi connectivity index (χ2v) is 7.08. The fourth-order valence-electron chi connectivity index (χ4n) is 2.42. The minimum Gasteiger partial charge on any atom is -0.495 e. The number of sulfonamides is 1. The zero-order valence-corrected chi connectivity index (χ0v) is 13.4. The van der Waals surface area contributed by atoms with Gasteiger partial charge in [0.2, 0.25) is 10.0 Å². The van der Waals surface area contributed by atoms with Gasteiger partial charge in [0.25, 0.3) is 0 Å². The van der Waals surface area contributed by atoms with Gasteiger partial charge in [0.1, 0.15) is 5.75 Å². The van der Waals surface area contributed by atoms with Gasteiger partial charge in [-0.1, -0.05) is 6.92 Å². The Morgan fingerprint density at radius 2 is 2.19 bits per heavy atom. The van der Waals surface area contributed by atoms with Gasteiger partial charge in [-0.3, -0.25) is 0 Å². The summed E-state index contributed by atoms with van der Waals surface area (Å²) in [6, 6.07) is 4.39. The molecule has 0 amide bonds. The van der Waals surface area contributed by atoms with Gasteiger partial charge in [-0.2, -0.15) is 4.31 Å². The summed E-state index contributed by atoms with van der Waals surface area (Å²) in [5, 5.41) is 0. The molecule has 1 saturated heterocycles. The van der Waals surface area contributed by atoms with Crippen molar-refractivity contribution in [2.24, 2.45) is 0 Å². The monoisotopic (exact) mass is 314 g/mol. The maximum atomic E-state index is 12.9. The summed E-state index contributed by atoms with van der Waals surface area (Å²) in [6.07, 6.45) is 0.594. The number of ether oxygens (including phenoxy) is 2. The Morgan fingerprint density at radius 3 is 2.81 bits per heavy atom. The van der Waals surface area contributed by atoms with Gasteiger partial charge in [0.15, 0.2) is 0 Å². The van der Waals surface area contributed by atoms with E-state index in [0.717, 1.165) is 0 Å². The van der Waals surface area contributed by atoms with Crippen LogP contribution < -0.4 is 10.5 Å². The first-order valence-corrected chi connectivity index (χ1v) is 8.41. The summed E-state index contributed by atoms with van der Waals surface area (Å²) in [4.78, 5) is 0.195. The van der Waals surface area contributed by atoms with Crippen molar-refractivity contribution in [3.8, 4) is 5.75 Å². The Hall–Kier alpha value is -1.31. The highest BCUT2D eigenvalue weighted by atomic mass is 32.2. The molecule has 0 spiro atoms. The van der Waals surface area contributed by atoms with Crippen LogP contribution in [0.5, 0.6) is 5.75 Å². The van der Waals surface area contributed by atoms with Crippen molar-refractivity contribution in [3.63, 3.8) is 0 Å². The summed E-state index contributed by atoms with van der Waals surface area (Å²) >= 11 is 0. The maximum absolute atomic E-state index is 12.9. The lowest BCUT2D eigenvalue weighted by Crippen LogP contribution is -2.51. The van der Waals surface area contributed by atoms with Gasteiger partial charge < -0.3 is 15.2 Å². The van der Waals surface area contributed by atoms with E-state index in [1.807, 2.05) is 13.8 Å². The van der Waals surface area contributed by atoms with Crippen molar-refractivity contribution in [2.45, 2.75) is 37.3 Å². The van der Waals surface area contributed by atoms with E-state index in [-0.39, 0.29) is 17.0 Å². The molecule has 118 valence electrons. The molecule has 1 aromatic rings. The first kappa shape index (κ1) is 16.1. The molecule has 0 saturated carbocycles. The van der Waals surface area contributed by atoms with E-state index < -0.39 is 10.0 Å². The molecule has 0 aliphatic carbocycles. The Kier molecular flexibility index (Phi) is 4.75. The number of benzene rings is 1. The second kappa shape index (κ2) is 6.21. The third kappa shape index (κ3) is 3.14. The number of anilines is 1. The standard InChI is InChI=1S/C14H22N2O4S/c1-4-11-9-20-10(2)8-16(11)21(17,18)12-5-6-13(15)14(7-12)19-3/h5-7,10-11H,4,8-9,15H2,1-3H3. The molecule has 1 fully saturated rings. The molecule has 1 aromatic carbocycles. The van der Waals surface area contributed by atoms with E-state index >= 15 is 0 Å². The van der Waals surface area contributed by atoms with Crippen LogP contribution in [0, 0.1) is 0 Å². The largest absolute Gasteiger partial charge is 0.495 e. The van der Waals surface area contributed by atoms with Crippen molar-refractivity contribution in [2.75, 3.05) is 26.0 Å². The first-order chi connectivity index (χ1) is 9.90. The summed E-state index contributed by atoms with van der Waals surface area (Å²) in [5.74, 6) is 0.366. The molecule has 2 rings (SSSR count). The van der Waals surface area contributed by atoms with Crippen LogP contribution in [0.2, 0.25) is 0 Å². The average Bonchev–Trinajstić information content (AvgIpc) is 2.47. The third-order valence-electron chi connectivity index (χ3n) is 3.70. The van der Waals surface area contributed by atoms with E-state index in [4.69, 9.17) is 15.2 Å². The van der Waals surface area contributed by atoms with Crippen molar-refractivity contribution >= 4 is 15.7 Å². The number of nitrogens with zero attached hydrogens (tertiary/aromatic N) is 1.